The van der Waals surface area contributed by atoms with Gasteiger partial charge in [0, 0.05) is 0 Å². The van der Waals surface area contributed by atoms with Gasteiger partial charge in [0.1, 0.15) is 0 Å². The molecule has 87 heavy (non-hydrogen) atoms. The minimum atomic E-state index is -5.90. The Morgan fingerprint density at radius 2 is 0.563 bits per heavy atom. The Balaban J connectivity index is 1.06. The number of esters is 2. The van der Waals surface area contributed by atoms with Crippen LogP contribution in [-0.2, 0) is 119 Å². The zero-order chi connectivity index (χ0) is 62.2. The molecule has 1 fully saturated rings. The van der Waals surface area contributed by atoms with Crippen molar-refractivity contribution >= 4 is 109 Å². The number of carbonyl (C=O) groups is 4. The third-order valence-corrected chi connectivity index (χ3v) is 18.1. The molecule has 0 spiro atoms. The van der Waals surface area contributed by atoms with Gasteiger partial charge in [-0.25, -0.2) is 0 Å². The first-order chi connectivity index (χ1) is 41.7. The van der Waals surface area contributed by atoms with Gasteiger partial charge in [0.2, 0.25) is 0 Å². The van der Waals surface area contributed by atoms with Crippen molar-refractivity contribution in [2.45, 2.75) is 51.7 Å². The average molecular weight is 1370 g/mol. The number of rotatable bonds is 24. The third kappa shape index (κ3) is 23.9. The number of hydrogen-bond acceptors (Lipinski definition) is 19. The van der Waals surface area contributed by atoms with E-state index in [1.807, 2.05) is 0 Å². The average Bonchev–Trinajstić information content (AvgIpc) is 3.66. The predicted octanol–water partition coefficient (Wildman–Crippen LogP) is 11.6. The fourth-order valence-electron chi connectivity index (χ4n) is 7.39. The summed E-state index contributed by atoms with van der Waals surface area (Å²) in [6.45, 7) is -7.10. The van der Waals surface area contributed by atoms with Gasteiger partial charge in [-0.2, -0.15) is 0 Å². The molecular weight excluding hydrogens is 1300 g/mol. The van der Waals surface area contributed by atoms with Crippen molar-refractivity contribution < 1.29 is 88.8 Å². The second kappa shape index (κ2) is 33.9. The molecule has 2 atom stereocenters. The molecule has 1 aliphatic rings. The summed E-state index contributed by atoms with van der Waals surface area (Å²) >= 11 is 36.9. The van der Waals surface area contributed by atoms with E-state index in [9.17, 15) is 29.0 Å². The standard InChI is InChI=1S/C58H62Cl6N2O19P2/c59-47-13-1-41(2-14-47)31-78-86(71,79-32-42-3-15-48(60)16-4-42,80-33-43-5-17-49(61)18-6-43)84-37-53-57(69)76-29-27-73-28-30-77-58(70)54(66-56(68)40-75-26-25-74-39-55(67)65-53)38-85-87(72,81-34-44-7-19-50(62)20-8-44,82-35-45-9-21-51(63)22-10-45)83-36-46-11-23-52(64)24-12-46/h1-24,53-54,71-72H,25-40H2,(H,65,67)(H,66,68)/t53-,54-/m0/s1. The van der Waals surface area contributed by atoms with Crippen LogP contribution in [0.2, 0.25) is 30.1 Å². The minimum absolute atomic E-state index is 0.263. The number of carbonyl (C=O) groups excluding carboxylic acids is 4. The van der Waals surface area contributed by atoms with Crippen LogP contribution in [0.5, 0.6) is 0 Å². The molecule has 1 heterocycles. The fourth-order valence-corrected chi connectivity index (χ4v) is 12.0. The Kier molecular flexibility index (Phi) is 27.2. The molecule has 7 rings (SSSR count). The SMILES string of the molecule is O=C1COCCOCC(=O)N[C@@H](COP(O)(OCc2ccc(Cl)cc2)(OCc2ccc(Cl)cc2)OCc2ccc(Cl)cc2)C(=O)OCCOCCOC(=O)[C@H](COP(O)(OCc2ccc(Cl)cc2)(OCc2ccc(Cl)cc2)OCc2ccc(Cl)cc2)N1. The summed E-state index contributed by atoms with van der Waals surface area (Å²) in [6.07, 6.45) is 0. The fraction of sp³-hybridized carbons (Fsp3) is 0.310. The van der Waals surface area contributed by atoms with Crippen LogP contribution in [-0.4, -0.2) is 112 Å². The van der Waals surface area contributed by atoms with Crippen LogP contribution in [0.4, 0.5) is 0 Å². The van der Waals surface area contributed by atoms with Crippen molar-refractivity contribution in [2.24, 2.45) is 0 Å². The van der Waals surface area contributed by atoms with Crippen molar-refractivity contribution in [3.8, 4) is 0 Å². The van der Waals surface area contributed by atoms with Crippen LogP contribution in [0.15, 0.2) is 146 Å². The van der Waals surface area contributed by atoms with Gasteiger partial charge < -0.3 is 0 Å². The first-order valence-electron chi connectivity index (χ1n) is 26.6. The molecule has 0 aliphatic carbocycles. The predicted molar refractivity (Wildman–Crippen MR) is 326 cm³/mol. The summed E-state index contributed by atoms with van der Waals surface area (Å²) in [5, 5.41) is 7.56. The van der Waals surface area contributed by atoms with Crippen molar-refractivity contribution in [2.75, 3.05) is 66.1 Å². The zero-order valence-corrected chi connectivity index (χ0v) is 52.6. The van der Waals surface area contributed by atoms with E-state index < -0.39 is 91.0 Å². The van der Waals surface area contributed by atoms with E-state index in [0.29, 0.717) is 63.5 Å². The van der Waals surface area contributed by atoms with Gasteiger partial charge in [-0.1, -0.05) is 0 Å². The molecule has 1 saturated heterocycles. The van der Waals surface area contributed by atoms with Gasteiger partial charge in [0.25, 0.3) is 0 Å². The summed E-state index contributed by atoms with van der Waals surface area (Å²) in [5.41, 5.74) is 3.06. The van der Waals surface area contributed by atoms with E-state index >= 15 is 0 Å². The van der Waals surface area contributed by atoms with E-state index in [0.717, 1.165) is 0 Å². The van der Waals surface area contributed by atoms with Crippen LogP contribution in [0, 0.1) is 0 Å². The van der Waals surface area contributed by atoms with E-state index in [2.05, 4.69) is 10.6 Å². The Morgan fingerprint density at radius 3 is 0.793 bits per heavy atom. The van der Waals surface area contributed by atoms with Crippen LogP contribution in [0.1, 0.15) is 33.4 Å². The van der Waals surface area contributed by atoms with E-state index in [1.165, 1.54) is 0 Å². The molecular formula is C58H62Cl6N2O19P2. The number of cyclic esters (lactones) is 2. The number of nitrogens with one attached hydrogen (secondary N) is 2. The second-order valence-corrected chi connectivity index (χ2v) is 26.6. The van der Waals surface area contributed by atoms with Crippen molar-refractivity contribution in [3.05, 3.63) is 209 Å². The molecule has 1 aliphatic heterocycles. The van der Waals surface area contributed by atoms with Gasteiger partial charge in [-0.15, -0.1) is 0 Å². The quantitative estimate of drug-likeness (QED) is 0.0325. The van der Waals surface area contributed by atoms with Crippen molar-refractivity contribution in [3.63, 3.8) is 0 Å². The van der Waals surface area contributed by atoms with Crippen LogP contribution in [0.25, 0.3) is 0 Å². The van der Waals surface area contributed by atoms with Gasteiger partial charge >= 0.3 is 535 Å². The number of benzene rings is 6. The zero-order valence-electron chi connectivity index (χ0n) is 46.3. The molecule has 470 valence electrons. The Labute approximate surface area is 532 Å². The molecule has 21 nitrogen and oxygen atoms in total. The molecule has 0 saturated carbocycles. The summed E-state index contributed by atoms with van der Waals surface area (Å²) < 4.78 is 77.0. The van der Waals surface area contributed by atoms with Crippen molar-refractivity contribution in [1.29, 1.82) is 0 Å². The number of halogens is 6. The van der Waals surface area contributed by atoms with Gasteiger partial charge in [-0.3, -0.25) is 0 Å². The first-order valence-corrected chi connectivity index (χ1v) is 32.6. The van der Waals surface area contributed by atoms with Gasteiger partial charge in [0.15, 0.2) is 0 Å². The normalized spacial score (nSPS) is 17.5. The van der Waals surface area contributed by atoms with E-state index in [-0.39, 0.29) is 66.1 Å². The molecule has 0 radical (unpaired) electrons. The van der Waals surface area contributed by atoms with E-state index in [1.54, 1.807) is 146 Å². The summed E-state index contributed by atoms with van der Waals surface area (Å²) in [5.74, 6) is -3.83. The van der Waals surface area contributed by atoms with Crippen LogP contribution < -0.4 is 10.6 Å². The molecule has 0 unspecified atom stereocenters. The summed E-state index contributed by atoms with van der Waals surface area (Å²) in [4.78, 5) is 80.5. The molecule has 2 amide bonds. The Morgan fingerprint density at radius 1 is 0.345 bits per heavy atom. The molecule has 0 bridgehead atoms. The first kappa shape index (κ1) is 69.7. The van der Waals surface area contributed by atoms with Crippen LogP contribution >= 0.6 is 85.1 Å². The number of ether oxygens (including phenoxy) is 5. The Bertz CT molecular complexity index is 2710. The molecule has 4 N–H and O–H groups in total. The number of hydrogen-bond donors (Lipinski definition) is 4. The number of amides is 2. The Hall–Kier alpha value is -4.72. The monoisotopic (exact) mass is 1360 g/mol. The topological polar surface area (TPSA) is 253 Å². The maximum atomic E-state index is 13.9. The van der Waals surface area contributed by atoms with Crippen LogP contribution in [0.3, 0.4) is 0 Å². The van der Waals surface area contributed by atoms with Gasteiger partial charge in [-0.05, 0) is 0 Å². The third-order valence-electron chi connectivity index (χ3n) is 12.1. The second-order valence-electron chi connectivity index (χ2n) is 18.8. The maximum absolute atomic E-state index is 13.9. The van der Waals surface area contributed by atoms with Gasteiger partial charge in [0.05, 0.1) is 0 Å². The van der Waals surface area contributed by atoms with Crippen molar-refractivity contribution in [1.82, 2.24) is 10.6 Å². The van der Waals surface area contributed by atoms with E-state index in [4.69, 9.17) is 129 Å². The molecule has 29 heteroatoms. The molecule has 6 aromatic rings. The summed E-state index contributed by atoms with van der Waals surface area (Å²) in [7, 11) is -11.8. The molecule has 0 aromatic heterocycles. The summed E-state index contributed by atoms with van der Waals surface area (Å²) in [6, 6.07) is 35.5. The molecule has 6 aromatic carbocycles.